The number of sulfone groups is 1. The standard InChI is InChI=1S/C43H46ClN5O6S3/c1-57(52,53)41-28-38(21-22-40(41)47-36(27-42(50)49-25-7-8-26-49)30-56-37-10-3-2-4-11-37)58(54,55)48-43(51)32-15-19-35(20-16-32)46-24-23-45-29-33-9-5-6-12-39(33)31-13-17-34(44)18-14-31/h2-6,9-22,28,36,45-47H,7-8,23-27,29-30H2,1H3,(H,48,51)/t36-/m1/s1. The number of halogens is 1. The Morgan fingerprint density at radius 2 is 1.50 bits per heavy atom. The first kappa shape index (κ1) is 42.7. The van der Waals surface area contributed by atoms with E-state index in [1.807, 2.05) is 71.6 Å². The van der Waals surface area contributed by atoms with E-state index < -0.39 is 36.7 Å². The third-order valence-electron chi connectivity index (χ3n) is 9.59. The Bertz CT molecular complexity index is 2410. The van der Waals surface area contributed by atoms with E-state index in [9.17, 15) is 26.4 Å². The van der Waals surface area contributed by atoms with Gasteiger partial charge in [0.1, 0.15) is 0 Å². The lowest BCUT2D eigenvalue weighted by molar-refractivity contribution is -0.130. The first-order chi connectivity index (χ1) is 27.9. The van der Waals surface area contributed by atoms with Crippen LogP contribution in [0, 0.1) is 0 Å². The highest BCUT2D eigenvalue weighted by Crippen LogP contribution is 2.29. The lowest BCUT2D eigenvalue weighted by Gasteiger charge is -2.24. The molecule has 0 saturated carbocycles. The van der Waals surface area contributed by atoms with Gasteiger partial charge in [0, 0.05) is 78.4 Å². The normalized spacial score (nSPS) is 13.5. The summed E-state index contributed by atoms with van der Waals surface area (Å²) in [6.45, 7) is 3.29. The summed E-state index contributed by atoms with van der Waals surface area (Å²) in [5.41, 5.74) is 4.38. The summed E-state index contributed by atoms with van der Waals surface area (Å²) >= 11 is 7.59. The van der Waals surface area contributed by atoms with Crippen LogP contribution in [0.1, 0.15) is 35.2 Å². The van der Waals surface area contributed by atoms with Gasteiger partial charge >= 0.3 is 0 Å². The highest BCUT2D eigenvalue weighted by atomic mass is 35.5. The Balaban J connectivity index is 1.06. The molecule has 5 aromatic rings. The molecule has 0 aromatic heterocycles. The minimum Gasteiger partial charge on any atom is -0.384 e. The topological polar surface area (TPSA) is 154 Å². The van der Waals surface area contributed by atoms with Gasteiger partial charge < -0.3 is 20.9 Å². The summed E-state index contributed by atoms with van der Waals surface area (Å²) < 4.78 is 55.0. The Morgan fingerprint density at radius 3 is 2.21 bits per heavy atom. The van der Waals surface area contributed by atoms with E-state index in [0.717, 1.165) is 52.4 Å². The number of carbonyl (C=O) groups excluding carboxylic acids is 2. The van der Waals surface area contributed by atoms with Crippen LogP contribution in [0.2, 0.25) is 5.02 Å². The summed E-state index contributed by atoms with van der Waals surface area (Å²) in [6, 6.07) is 35.1. The second-order valence-electron chi connectivity index (χ2n) is 14.0. The third kappa shape index (κ3) is 11.9. The lowest BCUT2D eigenvalue weighted by atomic mass is 10.00. The maximum atomic E-state index is 13.4. The molecule has 6 rings (SSSR count). The van der Waals surface area contributed by atoms with Crippen LogP contribution in [-0.2, 0) is 31.2 Å². The van der Waals surface area contributed by atoms with Gasteiger partial charge in [-0.1, -0.05) is 66.2 Å². The molecule has 11 nitrogen and oxygen atoms in total. The fourth-order valence-corrected chi connectivity index (χ4v) is 9.58. The quantitative estimate of drug-likeness (QED) is 0.0521. The predicted octanol–water partition coefficient (Wildman–Crippen LogP) is 7.32. The molecule has 0 unspecified atom stereocenters. The largest absolute Gasteiger partial charge is 0.384 e. The summed E-state index contributed by atoms with van der Waals surface area (Å²) in [6.07, 6.45) is 3.00. The van der Waals surface area contributed by atoms with Crippen LogP contribution < -0.4 is 20.7 Å². The maximum absolute atomic E-state index is 13.4. The number of hydrogen-bond donors (Lipinski definition) is 4. The first-order valence-corrected chi connectivity index (χ1v) is 23.6. The zero-order valence-corrected chi connectivity index (χ0v) is 35.2. The van der Waals surface area contributed by atoms with Crippen molar-refractivity contribution in [2.75, 3.05) is 48.8 Å². The lowest BCUT2D eigenvalue weighted by Crippen LogP contribution is -2.35. The number of thioether (sulfide) groups is 1. The van der Waals surface area contributed by atoms with Crippen molar-refractivity contribution in [3.63, 3.8) is 0 Å². The molecule has 5 aromatic carbocycles. The van der Waals surface area contributed by atoms with Crippen molar-refractivity contribution in [2.24, 2.45) is 0 Å². The van der Waals surface area contributed by atoms with Gasteiger partial charge in [-0.25, -0.2) is 21.6 Å². The van der Waals surface area contributed by atoms with Gasteiger partial charge in [-0.15, -0.1) is 11.8 Å². The smallest absolute Gasteiger partial charge is 0.264 e. The number of rotatable bonds is 18. The summed E-state index contributed by atoms with van der Waals surface area (Å²) in [5, 5.41) is 10.6. The van der Waals surface area contributed by atoms with Crippen LogP contribution in [0.15, 0.2) is 136 Å². The number of sulfonamides is 1. The van der Waals surface area contributed by atoms with E-state index in [1.54, 1.807) is 12.1 Å². The fourth-order valence-electron chi connectivity index (χ4n) is 6.57. The van der Waals surface area contributed by atoms with Crippen LogP contribution >= 0.6 is 23.4 Å². The Labute approximate surface area is 349 Å². The summed E-state index contributed by atoms with van der Waals surface area (Å²) in [7, 11) is -8.43. The minimum atomic E-state index is -4.47. The highest BCUT2D eigenvalue weighted by molar-refractivity contribution is 7.99. The van der Waals surface area contributed by atoms with Gasteiger partial charge in [0.25, 0.3) is 15.9 Å². The molecule has 0 aliphatic carbocycles. The highest BCUT2D eigenvalue weighted by Gasteiger charge is 2.26. The van der Waals surface area contributed by atoms with Gasteiger partial charge in [0.15, 0.2) is 9.84 Å². The Kier molecular flexibility index (Phi) is 14.5. The first-order valence-electron chi connectivity index (χ1n) is 18.9. The number of carbonyl (C=O) groups is 2. The van der Waals surface area contributed by atoms with Crippen LogP contribution in [0.4, 0.5) is 11.4 Å². The number of nitrogens with zero attached hydrogens (tertiary/aromatic N) is 1. The number of benzene rings is 5. The summed E-state index contributed by atoms with van der Waals surface area (Å²) in [5.74, 6) is -0.445. The van der Waals surface area contributed by atoms with E-state index in [0.29, 0.717) is 43.5 Å². The molecule has 2 amide bonds. The molecule has 0 spiro atoms. The predicted molar refractivity (Wildman–Crippen MR) is 233 cm³/mol. The van der Waals surface area contributed by atoms with Crippen molar-refractivity contribution >= 4 is 66.4 Å². The Morgan fingerprint density at radius 1 is 0.810 bits per heavy atom. The zero-order valence-electron chi connectivity index (χ0n) is 32.0. The van der Waals surface area contributed by atoms with Crippen LogP contribution in [0.5, 0.6) is 0 Å². The van der Waals surface area contributed by atoms with Gasteiger partial charge in [0.05, 0.1) is 15.5 Å². The van der Waals surface area contributed by atoms with E-state index in [1.165, 1.54) is 36.0 Å². The van der Waals surface area contributed by atoms with Crippen LogP contribution in [0.3, 0.4) is 0 Å². The van der Waals surface area contributed by atoms with Gasteiger partial charge in [0.2, 0.25) is 5.91 Å². The molecule has 1 saturated heterocycles. The number of likely N-dealkylation sites (tertiary alicyclic amines) is 1. The summed E-state index contributed by atoms with van der Waals surface area (Å²) in [4.78, 5) is 28.4. The fraction of sp³-hybridized carbons (Fsp3) is 0.256. The van der Waals surface area contributed by atoms with Crippen molar-refractivity contribution < 1.29 is 26.4 Å². The second-order valence-corrected chi connectivity index (χ2v) is 19.2. The third-order valence-corrected chi connectivity index (χ3v) is 13.5. The van der Waals surface area contributed by atoms with Crippen molar-refractivity contribution in [2.45, 2.75) is 46.5 Å². The number of hydrogen-bond acceptors (Lipinski definition) is 10. The Hall–Kier alpha value is -4.86. The molecule has 0 bridgehead atoms. The van der Waals surface area contributed by atoms with E-state index in [2.05, 4.69) is 32.8 Å². The molecule has 4 N–H and O–H groups in total. The van der Waals surface area contributed by atoms with E-state index in [-0.39, 0.29) is 28.5 Å². The van der Waals surface area contributed by atoms with Gasteiger partial charge in [-0.05, 0) is 96.3 Å². The van der Waals surface area contributed by atoms with Gasteiger partial charge in [-0.2, -0.15) is 0 Å². The SMILES string of the molecule is CS(=O)(=O)c1cc(S(=O)(=O)NC(=O)c2ccc(NCCNCc3ccccc3-c3ccc(Cl)cc3)cc2)ccc1N[C@@H](CSc1ccccc1)CC(=O)N1CCCC1. The van der Waals surface area contributed by atoms with Crippen molar-refractivity contribution in [1.29, 1.82) is 0 Å². The number of anilines is 2. The second kappa shape index (κ2) is 19.7. The molecule has 304 valence electrons. The number of nitrogens with one attached hydrogen (secondary N) is 4. The molecule has 1 aliphatic rings. The van der Waals surface area contributed by atoms with E-state index >= 15 is 0 Å². The average molecular weight is 861 g/mol. The molecule has 15 heteroatoms. The van der Waals surface area contributed by atoms with Crippen molar-refractivity contribution in [3.05, 3.63) is 137 Å². The van der Waals surface area contributed by atoms with E-state index in [4.69, 9.17) is 11.6 Å². The molecule has 1 heterocycles. The number of amides is 2. The average Bonchev–Trinajstić information content (AvgIpc) is 3.76. The van der Waals surface area contributed by atoms with Gasteiger partial charge in [-0.3, -0.25) is 9.59 Å². The molecular formula is C43H46ClN5O6S3. The van der Waals surface area contributed by atoms with Crippen LogP contribution in [-0.4, -0.2) is 77.8 Å². The van der Waals surface area contributed by atoms with Crippen molar-refractivity contribution in [3.8, 4) is 11.1 Å². The molecule has 1 aliphatic heterocycles. The molecule has 0 radical (unpaired) electrons. The zero-order chi connectivity index (χ0) is 41.1. The minimum absolute atomic E-state index is 0.0316. The molecule has 58 heavy (non-hydrogen) atoms. The maximum Gasteiger partial charge on any atom is 0.264 e. The molecule has 1 fully saturated rings. The molecule has 1 atom stereocenters. The van der Waals surface area contributed by atoms with Crippen molar-refractivity contribution in [1.82, 2.24) is 14.9 Å². The van der Waals surface area contributed by atoms with Crippen LogP contribution in [0.25, 0.3) is 11.1 Å². The molecular weight excluding hydrogens is 814 g/mol. The monoisotopic (exact) mass is 859 g/mol.